The van der Waals surface area contributed by atoms with Crippen LogP contribution in [0, 0.1) is 5.92 Å². The molecule has 0 aliphatic carbocycles. The van der Waals surface area contributed by atoms with Crippen molar-refractivity contribution < 1.29 is 27.9 Å². The van der Waals surface area contributed by atoms with E-state index in [-0.39, 0.29) is 39.5 Å². The predicted molar refractivity (Wildman–Crippen MR) is 197 cm³/mol. The van der Waals surface area contributed by atoms with Gasteiger partial charge in [-0.15, -0.1) is 0 Å². The van der Waals surface area contributed by atoms with Gasteiger partial charge in [0.1, 0.15) is 23.2 Å². The Hall–Kier alpha value is -1.95. The molecule has 2 aliphatic rings. The van der Waals surface area contributed by atoms with Gasteiger partial charge in [-0.1, -0.05) is 59.8 Å². The molecule has 0 saturated carbocycles. The summed E-state index contributed by atoms with van der Waals surface area (Å²) in [5.74, 6) is 0.518. The number of Topliss-reactive ketones (excluding diaryl/α,β-unsaturated/α-hetero) is 1. The van der Waals surface area contributed by atoms with E-state index in [4.69, 9.17) is 18.3 Å². The normalized spacial score (nSPS) is 24.0. The van der Waals surface area contributed by atoms with Crippen LogP contribution >= 0.6 is 0 Å². The standard InChI is InChI=1S/C38H65NO6Si2/c1-26(40)29-18-20-31(43-33(29)25-42-46(13,14)36(5,6)7)30-24-27(17-19-32(30)45-47(15,16)37(8,9)10)23-28-21-22-38(11,12)39(28)34(41)44-35(2,3)4/h17-20,24,28-29,31,33H,21-23,25H2,1-16H3/t28-,29-,31-,33-/m1/s1. The summed E-state index contributed by atoms with van der Waals surface area (Å²) in [6.45, 7) is 34.3. The number of hydrogen-bond donors (Lipinski definition) is 0. The molecule has 1 aromatic rings. The van der Waals surface area contributed by atoms with E-state index in [0.29, 0.717) is 13.0 Å². The molecule has 7 nitrogen and oxygen atoms in total. The van der Waals surface area contributed by atoms with Gasteiger partial charge in [-0.3, -0.25) is 9.69 Å². The minimum Gasteiger partial charge on any atom is -0.543 e. The van der Waals surface area contributed by atoms with Crippen LogP contribution in [0.5, 0.6) is 5.75 Å². The molecule has 47 heavy (non-hydrogen) atoms. The third-order valence-corrected chi connectivity index (χ3v) is 19.7. The molecule has 0 radical (unpaired) electrons. The van der Waals surface area contributed by atoms with Crippen molar-refractivity contribution in [3.63, 3.8) is 0 Å². The summed E-state index contributed by atoms with van der Waals surface area (Å²) in [4.78, 5) is 28.2. The van der Waals surface area contributed by atoms with Gasteiger partial charge in [0.05, 0.1) is 18.6 Å². The third-order valence-electron chi connectivity index (χ3n) is 10.8. The maximum Gasteiger partial charge on any atom is 0.410 e. The number of carbonyl (C=O) groups excluding carboxylic acids is 2. The molecule has 0 unspecified atom stereocenters. The molecule has 0 aromatic heterocycles. The summed E-state index contributed by atoms with van der Waals surface area (Å²) in [6.07, 6.45) is 5.45. The molecule has 0 bridgehead atoms. The molecular weight excluding hydrogens is 623 g/mol. The van der Waals surface area contributed by atoms with Crippen molar-refractivity contribution >= 4 is 28.5 Å². The molecule has 2 heterocycles. The molecular formula is C38H65NO6Si2. The molecule has 9 heteroatoms. The number of benzene rings is 1. The maximum absolute atomic E-state index is 13.4. The second kappa shape index (κ2) is 13.8. The topological polar surface area (TPSA) is 74.3 Å². The van der Waals surface area contributed by atoms with Crippen molar-refractivity contribution in [3.8, 4) is 5.75 Å². The Morgan fingerprint density at radius 2 is 1.53 bits per heavy atom. The first-order valence-electron chi connectivity index (χ1n) is 17.5. The van der Waals surface area contributed by atoms with Gasteiger partial charge in [0, 0.05) is 17.1 Å². The monoisotopic (exact) mass is 687 g/mol. The van der Waals surface area contributed by atoms with Crippen molar-refractivity contribution in [3.05, 3.63) is 41.5 Å². The van der Waals surface area contributed by atoms with Gasteiger partial charge in [-0.2, -0.15) is 0 Å². The summed E-state index contributed by atoms with van der Waals surface area (Å²) in [5, 5.41) is 0.0535. The number of hydrogen-bond acceptors (Lipinski definition) is 6. The Morgan fingerprint density at radius 1 is 0.936 bits per heavy atom. The lowest BCUT2D eigenvalue weighted by Gasteiger charge is -2.40. The van der Waals surface area contributed by atoms with Crippen molar-refractivity contribution in [2.24, 2.45) is 5.92 Å². The summed E-state index contributed by atoms with van der Waals surface area (Å²) in [7, 11) is -4.26. The van der Waals surface area contributed by atoms with Crippen LogP contribution in [0.15, 0.2) is 30.4 Å². The van der Waals surface area contributed by atoms with Crippen LogP contribution in [-0.4, -0.2) is 63.3 Å². The zero-order chi connectivity index (χ0) is 36.0. The number of ether oxygens (including phenoxy) is 2. The first-order valence-corrected chi connectivity index (χ1v) is 23.3. The van der Waals surface area contributed by atoms with Crippen molar-refractivity contribution in [1.82, 2.24) is 4.90 Å². The molecule has 1 amide bonds. The minimum atomic E-state index is -2.19. The van der Waals surface area contributed by atoms with Gasteiger partial charge in [0.2, 0.25) is 8.32 Å². The number of nitrogens with zero attached hydrogens (tertiary/aromatic N) is 1. The van der Waals surface area contributed by atoms with E-state index in [1.54, 1.807) is 6.92 Å². The minimum absolute atomic E-state index is 0.00875. The van der Waals surface area contributed by atoms with E-state index in [2.05, 4.69) is 99.8 Å². The van der Waals surface area contributed by atoms with Crippen LogP contribution in [0.2, 0.25) is 36.3 Å². The fourth-order valence-electron chi connectivity index (χ4n) is 5.79. The van der Waals surface area contributed by atoms with Crippen LogP contribution in [0.25, 0.3) is 0 Å². The van der Waals surface area contributed by atoms with Gasteiger partial charge in [-0.05, 0) is 115 Å². The number of amides is 1. The second-order valence-corrected chi connectivity index (χ2v) is 28.0. The maximum atomic E-state index is 13.4. The summed E-state index contributed by atoms with van der Waals surface area (Å²) < 4.78 is 26.2. The third kappa shape index (κ3) is 9.61. The van der Waals surface area contributed by atoms with E-state index in [1.165, 1.54) is 0 Å². The van der Waals surface area contributed by atoms with Gasteiger partial charge in [-0.25, -0.2) is 4.79 Å². The van der Waals surface area contributed by atoms with E-state index in [9.17, 15) is 9.59 Å². The zero-order valence-corrected chi connectivity index (χ0v) is 34.4. The van der Waals surface area contributed by atoms with Crippen LogP contribution < -0.4 is 4.43 Å². The number of ketones is 1. The highest BCUT2D eigenvalue weighted by molar-refractivity contribution is 6.75. The summed E-state index contributed by atoms with van der Waals surface area (Å²) >= 11 is 0. The Labute approximate surface area is 288 Å². The first-order chi connectivity index (χ1) is 21.2. The highest BCUT2D eigenvalue weighted by Crippen LogP contribution is 2.43. The van der Waals surface area contributed by atoms with E-state index < -0.39 is 34.4 Å². The average molecular weight is 688 g/mol. The molecule has 1 fully saturated rings. The largest absolute Gasteiger partial charge is 0.543 e. The lowest BCUT2D eigenvalue weighted by atomic mass is 9.92. The quantitative estimate of drug-likeness (QED) is 0.190. The van der Waals surface area contributed by atoms with E-state index in [1.807, 2.05) is 37.8 Å². The number of carbonyl (C=O) groups is 2. The smallest absolute Gasteiger partial charge is 0.410 e. The fraction of sp³-hybridized carbons (Fsp3) is 0.737. The van der Waals surface area contributed by atoms with Crippen molar-refractivity contribution in [1.29, 1.82) is 0 Å². The predicted octanol–water partition coefficient (Wildman–Crippen LogP) is 10.0. The van der Waals surface area contributed by atoms with Gasteiger partial charge in [0.25, 0.3) is 0 Å². The molecule has 4 atom stereocenters. The molecule has 0 spiro atoms. The van der Waals surface area contributed by atoms with Crippen LogP contribution in [-0.2, 0) is 25.1 Å². The fourth-order valence-corrected chi connectivity index (χ4v) is 7.85. The average Bonchev–Trinajstić information content (AvgIpc) is 3.19. The van der Waals surface area contributed by atoms with E-state index >= 15 is 0 Å². The molecule has 0 N–H and O–H groups in total. The Balaban J connectivity index is 2.02. The number of likely N-dealkylation sites (tertiary alicyclic amines) is 1. The summed E-state index contributed by atoms with van der Waals surface area (Å²) in [6, 6.07) is 6.41. The van der Waals surface area contributed by atoms with Gasteiger partial charge < -0.3 is 18.3 Å². The molecule has 1 aromatic carbocycles. The molecule has 2 aliphatic heterocycles. The zero-order valence-electron chi connectivity index (χ0n) is 32.4. The molecule has 3 rings (SSSR count). The highest BCUT2D eigenvalue weighted by Gasteiger charge is 2.45. The first kappa shape index (κ1) is 39.5. The lowest BCUT2D eigenvalue weighted by Crippen LogP contribution is -2.49. The van der Waals surface area contributed by atoms with Crippen molar-refractivity contribution in [2.75, 3.05) is 6.61 Å². The van der Waals surface area contributed by atoms with Crippen LogP contribution in [0.4, 0.5) is 4.79 Å². The van der Waals surface area contributed by atoms with Gasteiger partial charge >= 0.3 is 6.09 Å². The molecule has 1 saturated heterocycles. The van der Waals surface area contributed by atoms with Crippen LogP contribution in [0.3, 0.4) is 0 Å². The SMILES string of the molecule is CC(=O)[C@H]1C=C[C@H](c2cc(C[C@H]3CCC(C)(C)N3C(=O)OC(C)(C)C)ccc2O[Si](C)(C)C(C)(C)C)O[C@@H]1CO[Si](C)(C)C(C)(C)C. The lowest BCUT2D eigenvalue weighted by molar-refractivity contribution is -0.128. The number of rotatable bonds is 9. The van der Waals surface area contributed by atoms with Crippen molar-refractivity contribution in [2.45, 2.75) is 168 Å². The van der Waals surface area contributed by atoms with Crippen LogP contribution in [0.1, 0.15) is 113 Å². The molecule has 266 valence electrons. The summed E-state index contributed by atoms with van der Waals surface area (Å²) in [5.41, 5.74) is 1.20. The van der Waals surface area contributed by atoms with Gasteiger partial charge in [0.15, 0.2) is 8.32 Å². The Kier molecular flexibility index (Phi) is 11.6. The Morgan fingerprint density at radius 3 is 2.06 bits per heavy atom. The Bertz CT molecular complexity index is 1310. The van der Waals surface area contributed by atoms with E-state index in [0.717, 1.165) is 29.7 Å². The second-order valence-electron chi connectivity index (χ2n) is 18.5. The highest BCUT2D eigenvalue weighted by atomic mass is 28.4.